The van der Waals surface area contributed by atoms with E-state index in [1.54, 1.807) is 18.3 Å². The molecule has 0 spiro atoms. The standard InChI is InChI=1S/C23H28N2O2S/c1-17(26)18-8-10-20(11-9-18)24-12-14-25(15-13-24)23(27)22-16-19-6-4-2-3-5-7-21(19)28-22/h8-11,16H,2-7,12-15H2,1H3. The number of anilines is 1. The van der Waals surface area contributed by atoms with Crippen molar-refractivity contribution in [1.29, 1.82) is 0 Å². The predicted molar refractivity (Wildman–Crippen MR) is 115 cm³/mol. The fraction of sp³-hybridized carbons (Fsp3) is 0.478. The number of benzene rings is 1. The van der Waals surface area contributed by atoms with Crippen LogP contribution in [0.2, 0.25) is 0 Å². The van der Waals surface area contributed by atoms with Gasteiger partial charge in [0.2, 0.25) is 0 Å². The fourth-order valence-electron chi connectivity index (χ4n) is 4.18. The Hall–Kier alpha value is -2.14. The molecule has 28 heavy (non-hydrogen) atoms. The maximum atomic E-state index is 13.0. The van der Waals surface area contributed by atoms with Gasteiger partial charge < -0.3 is 9.80 Å². The Balaban J connectivity index is 1.38. The molecule has 5 heteroatoms. The molecule has 1 aliphatic heterocycles. The van der Waals surface area contributed by atoms with Gasteiger partial charge in [0.25, 0.3) is 5.91 Å². The molecule has 1 saturated heterocycles. The summed E-state index contributed by atoms with van der Waals surface area (Å²) < 4.78 is 0. The normalized spacial score (nSPS) is 17.6. The van der Waals surface area contributed by atoms with Crippen molar-refractivity contribution in [2.45, 2.75) is 45.4 Å². The van der Waals surface area contributed by atoms with E-state index < -0.39 is 0 Å². The maximum Gasteiger partial charge on any atom is 0.264 e. The number of carbonyl (C=O) groups excluding carboxylic acids is 2. The quantitative estimate of drug-likeness (QED) is 0.714. The second-order valence-corrected chi connectivity index (χ2v) is 8.99. The molecule has 4 nitrogen and oxygen atoms in total. The summed E-state index contributed by atoms with van der Waals surface area (Å²) in [5.41, 5.74) is 3.28. The third kappa shape index (κ3) is 4.14. The van der Waals surface area contributed by atoms with Crippen molar-refractivity contribution in [2.75, 3.05) is 31.1 Å². The molecular weight excluding hydrogens is 368 g/mol. The number of piperazine rings is 1. The number of rotatable bonds is 3. The lowest BCUT2D eigenvalue weighted by Gasteiger charge is -2.36. The molecule has 1 amide bonds. The first-order chi connectivity index (χ1) is 13.6. The first-order valence-electron chi connectivity index (χ1n) is 10.4. The van der Waals surface area contributed by atoms with Gasteiger partial charge in [-0.1, -0.05) is 12.8 Å². The largest absolute Gasteiger partial charge is 0.368 e. The number of hydrogen-bond donors (Lipinski definition) is 0. The molecule has 2 aliphatic rings. The Morgan fingerprint density at radius 2 is 1.57 bits per heavy atom. The van der Waals surface area contributed by atoms with Crippen LogP contribution >= 0.6 is 11.3 Å². The summed E-state index contributed by atoms with van der Waals surface area (Å²) in [5, 5.41) is 0. The second-order valence-electron chi connectivity index (χ2n) is 7.86. The summed E-state index contributed by atoms with van der Waals surface area (Å²) in [4.78, 5) is 31.1. The van der Waals surface area contributed by atoms with Crippen LogP contribution in [0, 0.1) is 0 Å². The van der Waals surface area contributed by atoms with Crippen LogP contribution in [0.15, 0.2) is 30.3 Å². The first kappa shape index (κ1) is 19.2. The SMILES string of the molecule is CC(=O)c1ccc(N2CCN(C(=O)c3cc4c(s3)CCCCCC4)CC2)cc1. The molecule has 2 heterocycles. The molecule has 0 saturated carbocycles. The van der Waals surface area contributed by atoms with Gasteiger partial charge in [-0.05, 0) is 68.5 Å². The van der Waals surface area contributed by atoms with Crippen molar-refractivity contribution in [3.05, 3.63) is 51.2 Å². The average molecular weight is 397 g/mol. The highest BCUT2D eigenvalue weighted by molar-refractivity contribution is 7.14. The predicted octanol–water partition coefficient (Wildman–Crippen LogP) is 4.57. The molecule has 0 bridgehead atoms. The topological polar surface area (TPSA) is 40.6 Å². The smallest absolute Gasteiger partial charge is 0.264 e. The number of aryl methyl sites for hydroxylation is 2. The Kier molecular flexibility index (Phi) is 5.81. The maximum absolute atomic E-state index is 13.0. The van der Waals surface area contributed by atoms with Crippen molar-refractivity contribution in [3.8, 4) is 0 Å². The van der Waals surface area contributed by atoms with Crippen LogP contribution in [0.5, 0.6) is 0 Å². The number of thiophene rings is 1. The number of fused-ring (bicyclic) bond motifs is 1. The van der Waals surface area contributed by atoms with Gasteiger partial charge in [0.1, 0.15) is 0 Å². The van der Waals surface area contributed by atoms with Gasteiger partial charge >= 0.3 is 0 Å². The third-order valence-corrected chi connectivity index (χ3v) is 7.14. The van der Waals surface area contributed by atoms with Crippen LogP contribution < -0.4 is 4.90 Å². The van der Waals surface area contributed by atoms with Crippen molar-refractivity contribution < 1.29 is 9.59 Å². The van der Waals surface area contributed by atoms with E-state index in [1.165, 1.54) is 36.1 Å². The minimum Gasteiger partial charge on any atom is -0.368 e. The number of carbonyl (C=O) groups is 2. The summed E-state index contributed by atoms with van der Waals surface area (Å²) in [6, 6.07) is 9.95. The molecular formula is C23H28N2O2S. The molecule has 148 valence electrons. The molecule has 2 aromatic rings. The van der Waals surface area contributed by atoms with Gasteiger partial charge in [-0.3, -0.25) is 9.59 Å². The minimum atomic E-state index is 0.0898. The molecule has 1 fully saturated rings. The molecule has 1 aromatic heterocycles. The van der Waals surface area contributed by atoms with Crippen LogP contribution in [0.4, 0.5) is 5.69 Å². The highest BCUT2D eigenvalue weighted by Crippen LogP contribution is 2.29. The van der Waals surface area contributed by atoms with E-state index in [4.69, 9.17) is 0 Å². The molecule has 0 radical (unpaired) electrons. The van der Waals surface area contributed by atoms with Crippen molar-refractivity contribution in [3.63, 3.8) is 0 Å². The van der Waals surface area contributed by atoms with E-state index in [2.05, 4.69) is 11.0 Å². The summed E-state index contributed by atoms with van der Waals surface area (Å²) in [6.07, 6.45) is 7.39. The van der Waals surface area contributed by atoms with Crippen LogP contribution in [0.1, 0.15) is 63.1 Å². The lowest BCUT2D eigenvalue weighted by Crippen LogP contribution is -2.48. The van der Waals surface area contributed by atoms with Gasteiger partial charge in [0.15, 0.2) is 5.78 Å². The summed E-state index contributed by atoms with van der Waals surface area (Å²) >= 11 is 1.72. The summed E-state index contributed by atoms with van der Waals surface area (Å²) in [7, 11) is 0. The zero-order valence-corrected chi connectivity index (χ0v) is 17.4. The number of amides is 1. The number of nitrogens with zero attached hydrogens (tertiary/aromatic N) is 2. The second kappa shape index (κ2) is 8.48. The van der Waals surface area contributed by atoms with Crippen LogP contribution in [-0.2, 0) is 12.8 Å². The van der Waals surface area contributed by atoms with Gasteiger partial charge in [0, 0.05) is 42.3 Å². The molecule has 4 rings (SSSR count). The van der Waals surface area contributed by atoms with Crippen LogP contribution in [-0.4, -0.2) is 42.8 Å². The fourth-order valence-corrected chi connectivity index (χ4v) is 5.40. The van der Waals surface area contributed by atoms with Gasteiger partial charge in [0.05, 0.1) is 4.88 Å². The van der Waals surface area contributed by atoms with Crippen molar-refractivity contribution in [2.24, 2.45) is 0 Å². The highest BCUT2D eigenvalue weighted by Gasteiger charge is 2.25. The third-order valence-electron chi connectivity index (χ3n) is 5.91. The zero-order valence-electron chi connectivity index (χ0n) is 16.6. The van der Waals surface area contributed by atoms with E-state index in [1.807, 2.05) is 29.2 Å². The molecule has 0 unspecified atom stereocenters. The monoisotopic (exact) mass is 396 g/mol. The minimum absolute atomic E-state index is 0.0898. The lowest BCUT2D eigenvalue weighted by atomic mass is 10.00. The molecule has 1 aliphatic carbocycles. The molecule has 1 aromatic carbocycles. The Morgan fingerprint density at radius 1 is 0.893 bits per heavy atom. The highest BCUT2D eigenvalue weighted by atomic mass is 32.1. The lowest BCUT2D eigenvalue weighted by molar-refractivity contribution is 0.0751. The zero-order chi connectivity index (χ0) is 19.5. The van der Waals surface area contributed by atoms with E-state index in [0.717, 1.165) is 55.1 Å². The van der Waals surface area contributed by atoms with E-state index >= 15 is 0 Å². The van der Waals surface area contributed by atoms with Crippen molar-refractivity contribution >= 4 is 28.7 Å². The number of ketones is 1. The Bertz CT molecular complexity index is 822. The first-order valence-corrected chi connectivity index (χ1v) is 11.2. The van der Waals surface area contributed by atoms with Gasteiger partial charge in [-0.15, -0.1) is 11.3 Å². The Labute approximate surface area is 171 Å². The summed E-state index contributed by atoms with van der Waals surface area (Å²) in [5.74, 6) is 0.287. The van der Waals surface area contributed by atoms with E-state index in [0.29, 0.717) is 0 Å². The van der Waals surface area contributed by atoms with Crippen molar-refractivity contribution in [1.82, 2.24) is 4.90 Å². The summed E-state index contributed by atoms with van der Waals surface area (Å²) in [6.45, 7) is 4.74. The van der Waals surface area contributed by atoms with Crippen LogP contribution in [0.25, 0.3) is 0 Å². The number of Topliss-reactive ketones (excluding diaryl/α,β-unsaturated/α-hetero) is 1. The number of hydrogen-bond acceptors (Lipinski definition) is 4. The van der Waals surface area contributed by atoms with E-state index in [-0.39, 0.29) is 11.7 Å². The molecule has 0 atom stereocenters. The average Bonchev–Trinajstić information content (AvgIpc) is 3.09. The van der Waals surface area contributed by atoms with Gasteiger partial charge in [-0.25, -0.2) is 0 Å². The van der Waals surface area contributed by atoms with Gasteiger partial charge in [-0.2, -0.15) is 0 Å². The van der Waals surface area contributed by atoms with Crippen LogP contribution in [0.3, 0.4) is 0 Å². The molecule has 0 N–H and O–H groups in total. The van der Waals surface area contributed by atoms with E-state index in [9.17, 15) is 9.59 Å². The Morgan fingerprint density at radius 3 is 2.25 bits per heavy atom.